The third-order valence-electron chi connectivity index (χ3n) is 3.12. The number of sulfonamides is 1. The van der Waals surface area contributed by atoms with Gasteiger partial charge >= 0.3 is 0 Å². The molecule has 1 aromatic heterocycles. The molecule has 0 aliphatic rings. The fourth-order valence-electron chi connectivity index (χ4n) is 1.84. The van der Waals surface area contributed by atoms with Crippen LogP contribution in [0.25, 0.3) is 0 Å². The topological polar surface area (TPSA) is 88.1 Å². The Morgan fingerprint density at radius 1 is 1.44 bits per heavy atom. The maximum absolute atomic E-state index is 12.5. The first-order valence-electron chi connectivity index (χ1n) is 7.00. The second kappa shape index (κ2) is 8.43. The SMILES string of the molecule is COc1ccc(S(=O)(=O)N(C)CC(=O)N/N=C\c2cccs2)cc1Cl. The highest BCUT2D eigenvalue weighted by Gasteiger charge is 2.23. The highest BCUT2D eigenvalue weighted by Crippen LogP contribution is 2.27. The molecular formula is C15H16ClN3O4S2. The summed E-state index contributed by atoms with van der Waals surface area (Å²) >= 11 is 7.42. The van der Waals surface area contributed by atoms with Crippen LogP contribution in [0.15, 0.2) is 45.7 Å². The molecule has 0 aliphatic carbocycles. The number of nitrogens with one attached hydrogen (secondary N) is 1. The molecule has 1 aromatic carbocycles. The minimum atomic E-state index is -3.87. The van der Waals surface area contributed by atoms with Gasteiger partial charge in [-0.05, 0) is 29.6 Å². The number of hydrogen-bond acceptors (Lipinski definition) is 6. The van der Waals surface area contributed by atoms with E-state index >= 15 is 0 Å². The molecule has 0 saturated heterocycles. The molecule has 2 rings (SSSR count). The van der Waals surface area contributed by atoms with Gasteiger partial charge in [0, 0.05) is 11.9 Å². The van der Waals surface area contributed by atoms with E-state index in [1.807, 2.05) is 17.5 Å². The first kappa shape index (κ1) is 19.4. The number of methoxy groups -OCH3 is 1. The third kappa shape index (κ3) is 5.02. The van der Waals surface area contributed by atoms with Crippen molar-refractivity contribution in [2.24, 2.45) is 5.10 Å². The summed E-state index contributed by atoms with van der Waals surface area (Å²) in [7, 11) is -1.13. The number of hydrazone groups is 1. The predicted molar refractivity (Wildman–Crippen MR) is 97.9 cm³/mol. The van der Waals surface area contributed by atoms with Crippen molar-refractivity contribution in [1.82, 2.24) is 9.73 Å². The highest BCUT2D eigenvalue weighted by atomic mass is 35.5. The van der Waals surface area contributed by atoms with Gasteiger partial charge in [0.15, 0.2) is 0 Å². The van der Waals surface area contributed by atoms with Crippen molar-refractivity contribution in [3.8, 4) is 5.75 Å². The van der Waals surface area contributed by atoms with Crippen LogP contribution in [0.1, 0.15) is 4.88 Å². The van der Waals surface area contributed by atoms with E-state index in [0.29, 0.717) is 5.75 Å². The Balaban J connectivity index is 2.01. The molecule has 0 unspecified atom stereocenters. The summed E-state index contributed by atoms with van der Waals surface area (Å²) < 4.78 is 30.9. The number of hydrogen-bond donors (Lipinski definition) is 1. The van der Waals surface area contributed by atoms with Crippen molar-refractivity contribution < 1.29 is 17.9 Å². The van der Waals surface area contributed by atoms with Gasteiger partial charge in [-0.2, -0.15) is 9.41 Å². The Morgan fingerprint density at radius 2 is 2.20 bits per heavy atom. The van der Waals surface area contributed by atoms with Crippen LogP contribution in [-0.4, -0.2) is 45.5 Å². The average molecular weight is 402 g/mol. The van der Waals surface area contributed by atoms with Gasteiger partial charge in [0.1, 0.15) is 5.75 Å². The van der Waals surface area contributed by atoms with E-state index in [1.54, 1.807) is 0 Å². The number of nitrogens with zero attached hydrogens (tertiary/aromatic N) is 2. The zero-order valence-electron chi connectivity index (χ0n) is 13.5. The number of carbonyl (C=O) groups excluding carboxylic acids is 1. The number of likely N-dealkylation sites (N-methyl/N-ethyl adjacent to an activating group) is 1. The van der Waals surface area contributed by atoms with Gasteiger partial charge in [-0.25, -0.2) is 13.8 Å². The van der Waals surface area contributed by atoms with Crippen LogP contribution in [0.2, 0.25) is 5.02 Å². The molecule has 0 aliphatic heterocycles. The molecule has 0 saturated carbocycles. The maximum Gasteiger partial charge on any atom is 0.255 e. The largest absolute Gasteiger partial charge is 0.495 e. The Bertz CT molecular complexity index is 867. The summed E-state index contributed by atoms with van der Waals surface area (Å²) in [5.74, 6) is -0.192. The summed E-state index contributed by atoms with van der Waals surface area (Å²) in [5, 5.41) is 5.83. The lowest BCUT2D eigenvalue weighted by atomic mass is 10.3. The van der Waals surface area contributed by atoms with Gasteiger partial charge in [0.2, 0.25) is 10.0 Å². The van der Waals surface area contributed by atoms with Crippen LogP contribution >= 0.6 is 22.9 Å². The Kier molecular flexibility index (Phi) is 6.54. The van der Waals surface area contributed by atoms with Gasteiger partial charge in [-0.15, -0.1) is 11.3 Å². The molecule has 0 fully saturated rings. The van der Waals surface area contributed by atoms with E-state index in [2.05, 4.69) is 10.5 Å². The second-order valence-electron chi connectivity index (χ2n) is 4.87. The van der Waals surface area contributed by atoms with Gasteiger partial charge in [0.25, 0.3) is 5.91 Å². The van der Waals surface area contributed by atoms with Crippen molar-refractivity contribution in [1.29, 1.82) is 0 Å². The van der Waals surface area contributed by atoms with Crippen molar-refractivity contribution in [2.75, 3.05) is 20.7 Å². The Morgan fingerprint density at radius 3 is 2.80 bits per heavy atom. The van der Waals surface area contributed by atoms with Crippen LogP contribution in [0.5, 0.6) is 5.75 Å². The first-order valence-corrected chi connectivity index (χ1v) is 9.69. The Labute approximate surface area is 154 Å². The van der Waals surface area contributed by atoms with Crippen LogP contribution in [-0.2, 0) is 14.8 Å². The lowest BCUT2D eigenvalue weighted by Gasteiger charge is -2.16. The van der Waals surface area contributed by atoms with Crippen LogP contribution < -0.4 is 10.2 Å². The summed E-state index contributed by atoms with van der Waals surface area (Å²) in [6.45, 7) is -0.381. The zero-order valence-corrected chi connectivity index (χ0v) is 15.9. The van der Waals surface area contributed by atoms with Crippen molar-refractivity contribution in [3.63, 3.8) is 0 Å². The van der Waals surface area contributed by atoms with Gasteiger partial charge in [0.05, 0.1) is 29.8 Å². The van der Waals surface area contributed by atoms with Crippen LogP contribution in [0.3, 0.4) is 0 Å². The third-order valence-corrected chi connectivity index (χ3v) is 6.02. The van der Waals surface area contributed by atoms with Crippen LogP contribution in [0, 0.1) is 0 Å². The number of carbonyl (C=O) groups is 1. The number of thiophene rings is 1. The van der Waals surface area contributed by atoms with Crippen molar-refractivity contribution >= 4 is 45.1 Å². The highest BCUT2D eigenvalue weighted by molar-refractivity contribution is 7.89. The van der Waals surface area contributed by atoms with E-state index in [-0.39, 0.29) is 16.5 Å². The molecule has 1 amide bonds. The van der Waals surface area contributed by atoms with Crippen LogP contribution in [0.4, 0.5) is 0 Å². The van der Waals surface area contributed by atoms with E-state index in [9.17, 15) is 13.2 Å². The minimum Gasteiger partial charge on any atom is -0.495 e. The monoisotopic (exact) mass is 401 g/mol. The smallest absolute Gasteiger partial charge is 0.255 e. The second-order valence-corrected chi connectivity index (χ2v) is 8.30. The predicted octanol–water partition coefficient (Wildman–Crippen LogP) is 2.18. The molecule has 0 bridgehead atoms. The maximum atomic E-state index is 12.5. The molecule has 0 radical (unpaired) electrons. The molecule has 0 atom stereocenters. The zero-order chi connectivity index (χ0) is 18.4. The molecule has 1 N–H and O–H groups in total. The molecular weight excluding hydrogens is 386 g/mol. The average Bonchev–Trinajstić information content (AvgIpc) is 3.08. The van der Waals surface area contributed by atoms with Gasteiger partial charge in [-0.3, -0.25) is 4.79 Å². The molecule has 10 heteroatoms. The summed E-state index contributed by atoms with van der Waals surface area (Å²) in [5.41, 5.74) is 2.29. The number of ether oxygens (including phenoxy) is 1. The fraction of sp³-hybridized carbons (Fsp3) is 0.200. The number of rotatable bonds is 7. The summed E-state index contributed by atoms with van der Waals surface area (Å²) in [4.78, 5) is 12.7. The molecule has 134 valence electrons. The van der Waals surface area contributed by atoms with Gasteiger partial charge in [-0.1, -0.05) is 17.7 Å². The summed E-state index contributed by atoms with van der Waals surface area (Å²) in [6.07, 6.45) is 1.49. The minimum absolute atomic E-state index is 0.0318. The molecule has 2 aromatic rings. The Hall–Kier alpha value is -1.94. The van der Waals surface area contributed by atoms with Gasteiger partial charge < -0.3 is 4.74 Å². The normalized spacial score (nSPS) is 11.8. The lowest BCUT2D eigenvalue weighted by molar-refractivity contribution is -0.121. The van der Waals surface area contributed by atoms with E-state index in [1.165, 1.54) is 49.9 Å². The van der Waals surface area contributed by atoms with E-state index in [0.717, 1.165) is 9.18 Å². The number of benzene rings is 1. The summed E-state index contributed by atoms with van der Waals surface area (Å²) in [6, 6.07) is 7.79. The quantitative estimate of drug-likeness (QED) is 0.569. The standard InChI is InChI=1S/C15H16ClN3O4S2/c1-19(10-15(20)18-17-9-11-4-3-7-24-11)25(21,22)12-5-6-14(23-2)13(16)8-12/h3-9H,10H2,1-2H3,(H,18,20)/b17-9-. The molecule has 7 nitrogen and oxygen atoms in total. The molecule has 0 spiro atoms. The molecule has 25 heavy (non-hydrogen) atoms. The van der Waals surface area contributed by atoms with Crippen molar-refractivity contribution in [3.05, 3.63) is 45.6 Å². The lowest BCUT2D eigenvalue weighted by Crippen LogP contribution is -2.36. The fourth-order valence-corrected chi connectivity index (χ4v) is 3.90. The molecule has 1 heterocycles. The first-order chi connectivity index (χ1) is 11.8. The van der Waals surface area contributed by atoms with E-state index in [4.69, 9.17) is 16.3 Å². The van der Waals surface area contributed by atoms with Crippen molar-refractivity contribution in [2.45, 2.75) is 4.90 Å². The number of halogens is 1. The number of amides is 1. The van der Waals surface area contributed by atoms with E-state index < -0.39 is 15.9 Å².